The summed E-state index contributed by atoms with van der Waals surface area (Å²) in [5, 5.41) is 0. The van der Waals surface area contributed by atoms with Gasteiger partial charge in [-0.1, -0.05) is 12.8 Å². The number of nitrogens with two attached hydrogens (primary N) is 1. The molecule has 0 unspecified atom stereocenters. The van der Waals surface area contributed by atoms with Crippen LogP contribution in [-0.2, 0) is 10.0 Å². The maximum absolute atomic E-state index is 13.3. The number of halogens is 2. The first-order valence-electron chi connectivity index (χ1n) is 6.61. The van der Waals surface area contributed by atoms with E-state index in [4.69, 9.17) is 5.73 Å². The second-order valence-corrected chi connectivity index (χ2v) is 8.18. The Balaban J connectivity index is 2.53. The molecule has 4 nitrogen and oxygen atoms in total. The molecule has 1 rings (SSSR count). The lowest BCUT2D eigenvalue weighted by Gasteiger charge is -2.10. The lowest BCUT2D eigenvalue weighted by Crippen LogP contribution is -2.25. The fourth-order valence-corrected chi connectivity index (χ4v) is 3.98. The van der Waals surface area contributed by atoms with Crippen LogP contribution in [0.4, 0.5) is 10.1 Å². The molecule has 8 heteroatoms. The van der Waals surface area contributed by atoms with Gasteiger partial charge in [-0.05, 0) is 52.9 Å². The van der Waals surface area contributed by atoms with Gasteiger partial charge in [0.2, 0.25) is 10.0 Å². The van der Waals surface area contributed by atoms with Gasteiger partial charge >= 0.3 is 0 Å². The van der Waals surface area contributed by atoms with Crippen molar-refractivity contribution >= 4 is 43.4 Å². The Morgan fingerprint density at radius 1 is 1.29 bits per heavy atom. The SMILES string of the molecule is CSCCCCCCNS(=O)(=O)c1cc(Br)c(F)cc1N. The summed E-state index contributed by atoms with van der Waals surface area (Å²) in [4.78, 5) is -0.0989. The molecule has 1 aromatic carbocycles. The fourth-order valence-electron chi connectivity index (χ4n) is 1.79. The van der Waals surface area contributed by atoms with E-state index in [2.05, 4.69) is 26.9 Å². The maximum atomic E-state index is 13.3. The van der Waals surface area contributed by atoms with E-state index < -0.39 is 15.8 Å². The second kappa shape index (κ2) is 8.97. The van der Waals surface area contributed by atoms with E-state index in [0.29, 0.717) is 6.54 Å². The van der Waals surface area contributed by atoms with Crippen LogP contribution in [0.25, 0.3) is 0 Å². The Hall–Kier alpha value is -0.310. The largest absolute Gasteiger partial charge is 0.398 e. The van der Waals surface area contributed by atoms with E-state index in [1.54, 1.807) is 0 Å². The highest BCUT2D eigenvalue weighted by atomic mass is 79.9. The Labute approximate surface area is 138 Å². The molecule has 0 spiro atoms. The van der Waals surface area contributed by atoms with Crippen LogP contribution >= 0.6 is 27.7 Å². The van der Waals surface area contributed by atoms with Gasteiger partial charge in [-0.3, -0.25) is 0 Å². The van der Waals surface area contributed by atoms with Gasteiger partial charge in [0.15, 0.2) is 0 Å². The van der Waals surface area contributed by atoms with Gasteiger partial charge in [-0.25, -0.2) is 17.5 Å². The molecule has 0 aliphatic rings. The summed E-state index contributed by atoms with van der Waals surface area (Å²) in [6, 6.07) is 2.19. The zero-order valence-corrected chi connectivity index (χ0v) is 15.1. The minimum absolute atomic E-state index is 0.0779. The molecule has 120 valence electrons. The van der Waals surface area contributed by atoms with E-state index in [9.17, 15) is 12.8 Å². The smallest absolute Gasteiger partial charge is 0.242 e. The Morgan fingerprint density at radius 3 is 2.62 bits per heavy atom. The van der Waals surface area contributed by atoms with Crippen LogP contribution in [0.2, 0.25) is 0 Å². The topological polar surface area (TPSA) is 72.2 Å². The van der Waals surface area contributed by atoms with Gasteiger partial charge in [0, 0.05) is 6.54 Å². The highest BCUT2D eigenvalue weighted by Crippen LogP contribution is 2.25. The van der Waals surface area contributed by atoms with E-state index in [-0.39, 0.29) is 15.1 Å². The molecule has 1 aromatic rings. The molecule has 3 N–H and O–H groups in total. The molecule has 0 saturated carbocycles. The zero-order valence-electron chi connectivity index (χ0n) is 11.9. The van der Waals surface area contributed by atoms with E-state index in [0.717, 1.165) is 37.5 Å². The number of unbranched alkanes of at least 4 members (excludes halogenated alkanes) is 3. The molecule has 0 aliphatic carbocycles. The fraction of sp³-hybridized carbons (Fsp3) is 0.538. The quantitative estimate of drug-likeness (QED) is 0.493. The van der Waals surface area contributed by atoms with Gasteiger partial charge in [0.25, 0.3) is 0 Å². The predicted octanol–water partition coefficient (Wildman–Crippen LogP) is 3.37. The van der Waals surface area contributed by atoms with Crippen molar-refractivity contribution in [3.63, 3.8) is 0 Å². The van der Waals surface area contributed by atoms with Gasteiger partial charge in [-0.2, -0.15) is 11.8 Å². The predicted molar refractivity (Wildman–Crippen MR) is 90.6 cm³/mol. The first-order valence-corrected chi connectivity index (χ1v) is 10.3. The van der Waals surface area contributed by atoms with Gasteiger partial charge < -0.3 is 5.73 Å². The Bertz CT molecular complexity index is 568. The van der Waals surface area contributed by atoms with Crippen molar-refractivity contribution < 1.29 is 12.8 Å². The van der Waals surface area contributed by atoms with E-state index >= 15 is 0 Å². The number of anilines is 1. The van der Waals surface area contributed by atoms with Crippen molar-refractivity contribution in [2.24, 2.45) is 0 Å². The number of hydrogen-bond acceptors (Lipinski definition) is 4. The third-order valence-electron chi connectivity index (χ3n) is 2.91. The maximum Gasteiger partial charge on any atom is 0.242 e. The number of sulfonamides is 1. The lowest BCUT2D eigenvalue weighted by molar-refractivity contribution is 0.573. The van der Waals surface area contributed by atoms with Crippen molar-refractivity contribution in [1.29, 1.82) is 0 Å². The number of nitrogens with one attached hydrogen (secondary N) is 1. The van der Waals surface area contributed by atoms with Crippen molar-refractivity contribution in [2.45, 2.75) is 30.6 Å². The third kappa shape index (κ3) is 6.14. The third-order valence-corrected chi connectivity index (χ3v) is 5.73. The number of benzene rings is 1. The number of rotatable bonds is 9. The molecule has 0 atom stereocenters. The van der Waals surface area contributed by atoms with Gasteiger partial charge in [0.05, 0.1) is 10.2 Å². The Kier molecular flexibility index (Phi) is 8.00. The average molecular weight is 399 g/mol. The molecule has 0 saturated heterocycles. The van der Waals surface area contributed by atoms with E-state index in [1.165, 1.54) is 6.07 Å². The van der Waals surface area contributed by atoms with Crippen LogP contribution in [0.5, 0.6) is 0 Å². The van der Waals surface area contributed by atoms with Crippen molar-refractivity contribution in [3.8, 4) is 0 Å². The number of nitrogen functional groups attached to an aromatic ring is 1. The summed E-state index contributed by atoms with van der Waals surface area (Å²) >= 11 is 4.78. The molecule has 0 aliphatic heterocycles. The van der Waals surface area contributed by atoms with Crippen molar-refractivity contribution in [3.05, 3.63) is 22.4 Å². The Morgan fingerprint density at radius 2 is 1.95 bits per heavy atom. The minimum Gasteiger partial charge on any atom is -0.398 e. The minimum atomic E-state index is -3.70. The summed E-state index contributed by atoms with van der Waals surface area (Å²) in [6.07, 6.45) is 6.06. The van der Waals surface area contributed by atoms with E-state index in [1.807, 2.05) is 11.8 Å². The summed E-state index contributed by atoms with van der Waals surface area (Å²) in [7, 11) is -3.70. The molecule has 0 fully saturated rings. The van der Waals surface area contributed by atoms with Crippen molar-refractivity contribution in [2.75, 3.05) is 24.3 Å². The average Bonchev–Trinajstić information content (AvgIpc) is 2.41. The molecular formula is C13H20BrFN2O2S2. The molecule has 21 heavy (non-hydrogen) atoms. The molecule has 0 heterocycles. The van der Waals surface area contributed by atoms with Crippen LogP contribution < -0.4 is 10.5 Å². The highest BCUT2D eigenvalue weighted by Gasteiger charge is 2.19. The lowest BCUT2D eigenvalue weighted by atomic mass is 10.2. The van der Waals surface area contributed by atoms with Crippen LogP contribution in [0.1, 0.15) is 25.7 Å². The van der Waals surface area contributed by atoms with Crippen LogP contribution in [0, 0.1) is 5.82 Å². The number of hydrogen-bond donors (Lipinski definition) is 2. The zero-order chi connectivity index (χ0) is 15.9. The summed E-state index contributed by atoms with van der Waals surface area (Å²) < 4.78 is 40.1. The van der Waals surface area contributed by atoms with Crippen LogP contribution in [0.15, 0.2) is 21.5 Å². The first kappa shape index (κ1) is 18.7. The van der Waals surface area contributed by atoms with Crippen molar-refractivity contribution in [1.82, 2.24) is 4.72 Å². The summed E-state index contributed by atoms with van der Waals surface area (Å²) in [5.41, 5.74) is 5.49. The summed E-state index contributed by atoms with van der Waals surface area (Å²) in [5.74, 6) is 0.548. The molecule has 0 radical (unpaired) electrons. The molecule has 0 aromatic heterocycles. The normalized spacial score (nSPS) is 11.8. The molecular weight excluding hydrogens is 379 g/mol. The molecule has 0 amide bonds. The standard InChI is InChI=1S/C13H20BrFN2O2S2/c1-20-7-5-3-2-4-6-17-21(18,19)13-8-10(14)11(15)9-12(13)16/h8-9,17H,2-7,16H2,1H3. The van der Waals surface area contributed by atoms with Crippen LogP contribution in [-0.4, -0.2) is 27.0 Å². The monoisotopic (exact) mass is 398 g/mol. The van der Waals surface area contributed by atoms with Gasteiger partial charge in [0.1, 0.15) is 10.7 Å². The number of thioether (sulfide) groups is 1. The molecule has 0 bridgehead atoms. The summed E-state index contributed by atoms with van der Waals surface area (Å²) in [6.45, 7) is 0.357. The highest BCUT2D eigenvalue weighted by molar-refractivity contribution is 9.10. The second-order valence-electron chi connectivity index (χ2n) is 4.61. The van der Waals surface area contributed by atoms with Crippen LogP contribution in [0.3, 0.4) is 0 Å². The first-order chi connectivity index (χ1) is 9.88. The van der Waals surface area contributed by atoms with Gasteiger partial charge in [-0.15, -0.1) is 0 Å².